The van der Waals surface area contributed by atoms with Gasteiger partial charge in [-0.1, -0.05) is 22.0 Å². The Hall–Kier alpha value is 0.150. The number of nitrogens with zero attached hydrogens (tertiary/aromatic N) is 1. The molecule has 0 spiro atoms. The number of rotatable bonds is 1. The van der Waals surface area contributed by atoms with Gasteiger partial charge < -0.3 is 0 Å². The van der Waals surface area contributed by atoms with Crippen LogP contribution in [0.2, 0.25) is 0 Å². The van der Waals surface area contributed by atoms with Crippen molar-refractivity contribution in [1.29, 1.82) is 5.26 Å². The van der Waals surface area contributed by atoms with E-state index in [1.165, 1.54) is 0 Å². The molecule has 0 saturated heterocycles. The maximum atomic E-state index is 8.69. The van der Waals surface area contributed by atoms with Crippen LogP contribution in [0.4, 0.5) is 0 Å². The Bertz CT molecular complexity index is 341. The van der Waals surface area contributed by atoms with E-state index in [2.05, 4.69) is 53.9 Å². The summed E-state index contributed by atoms with van der Waals surface area (Å²) in [5.74, 6) is 0. The molecular weight excluding hydrogens is 350 g/mol. The van der Waals surface area contributed by atoms with Gasteiger partial charge in [-0.05, 0) is 43.5 Å². The van der Waals surface area contributed by atoms with Crippen LogP contribution in [-0.2, 0) is 5.33 Å². The van der Waals surface area contributed by atoms with Crippen LogP contribution in [-0.4, -0.2) is 0 Å². The minimum atomic E-state index is 0.645. The zero-order valence-corrected chi connectivity index (χ0v) is 10.7. The van der Waals surface area contributed by atoms with Crippen molar-refractivity contribution in [3.63, 3.8) is 0 Å². The van der Waals surface area contributed by atoms with E-state index < -0.39 is 0 Å². The lowest BCUT2D eigenvalue weighted by molar-refractivity contribution is 1.35. The second-order valence-electron chi connectivity index (χ2n) is 2.15. The molecule has 0 unspecified atom stereocenters. The molecule has 0 atom stereocenters. The minimum absolute atomic E-state index is 0.645. The van der Waals surface area contributed by atoms with Crippen LogP contribution in [0.25, 0.3) is 0 Å². The Morgan fingerprint density at radius 3 is 2.42 bits per heavy atom. The van der Waals surface area contributed by atoms with Crippen LogP contribution in [0.5, 0.6) is 0 Å². The van der Waals surface area contributed by atoms with Crippen molar-refractivity contribution in [2.45, 2.75) is 5.33 Å². The van der Waals surface area contributed by atoms with Crippen LogP contribution in [0.3, 0.4) is 0 Å². The van der Waals surface area contributed by atoms with E-state index in [0.29, 0.717) is 5.56 Å². The number of alkyl halides is 1. The van der Waals surface area contributed by atoms with Gasteiger partial charge in [0.2, 0.25) is 0 Å². The first-order valence-corrected chi connectivity index (χ1v) is 5.84. The summed E-state index contributed by atoms with van der Waals surface area (Å²) in [6.45, 7) is 0. The van der Waals surface area contributed by atoms with Gasteiger partial charge in [-0.3, -0.25) is 0 Å². The SMILES string of the molecule is N#Cc1ccc(CBr)c(Br)c1Br. The van der Waals surface area contributed by atoms with Crippen molar-refractivity contribution in [2.24, 2.45) is 0 Å². The Balaban J connectivity index is 3.32. The van der Waals surface area contributed by atoms with Crippen molar-refractivity contribution in [1.82, 2.24) is 0 Å². The lowest BCUT2D eigenvalue weighted by Gasteiger charge is -2.03. The van der Waals surface area contributed by atoms with Gasteiger partial charge in [0.25, 0.3) is 0 Å². The van der Waals surface area contributed by atoms with Gasteiger partial charge in [-0.2, -0.15) is 5.26 Å². The average Bonchev–Trinajstić information content (AvgIpc) is 2.10. The molecule has 0 amide bonds. The topological polar surface area (TPSA) is 23.8 Å². The van der Waals surface area contributed by atoms with Gasteiger partial charge in [0.15, 0.2) is 0 Å². The summed E-state index contributed by atoms with van der Waals surface area (Å²) in [6.07, 6.45) is 0. The third-order valence-corrected chi connectivity index (χ3v) is 4.29. The highest BCUT2D eigenvalue weighted by atomic mass is 79.9. The molecule has 0 heterocycles. The maximum absolute atomic E-state index is 8.69. The molecule has 0 aliphatic carbocycles. The van der Waals surface area contributed by atoms with Gasteiger partial charge in [-0.15, -0.1) is 0 Å². The van der Waals surface area contributed by atoms with E-state index in [-0.39, 0.29) is 0 Å². The zero-order valence-electron chi connectivity index (χ0n) is 5.94. The molecule has 1 aromatic rings. The Morgan fingerprint density at radius 2 is 1.92 bits per heavy atom. The highest BCUT2D eigenvalue weighted by Crippen LogP contribution is 2.30. The third-order valence-electron chi connectivity index (χ3n) is 1.43. The lowest BCUT2D eigenvalue weighted by atomic mass is 10.2. The van der Waals surface area contributed by atoms with Crippen LogP contribution in [0.1, 0.15) is 11.1 Å². The summed E-state index contributed by atoms with van der Waals surface area (Å²) in [4.78, 5) is 0. The largest absolute Gasteiger partial charge is 0.192 e. The summed E-state index contributed by atoms with van der Waals surface area (Å²) in [6, 6.07) is 5.81. The van der Waals surface area contributed by atoms with Gasteiger partial charge in [0.1, 0.15) is 6.07 Å². The van der Waals surface area contributed by atoms with Crippen molar-refractivity contribution in [3.8, 4) is 6.07 Å². The number of nitriles is 1. The normalized spacial score (nSPS) is 9.50. The molecule has 62 valence electrons. The fourth-order valence-corrected chi connectivity index (χ4v) is 2.58. The number of halogens is 3. The van der Waals surface area contributed by atoms with E-state index in [1.54, 1.807) is 6.07 Å². The first kappa shape index (κ1) is 10.2. The Kier molecular flexibility index (Phi) is 3.76. The average molecular weight is 354 g/mol. The van der Waals surface area contributed by atoms with Crippen LogP contribution >= 0.6 is 47.8 Å². The smallest absolute Gasteiger partial charge is 0.100 e. The van der Waals surface area contributed by atoms with Gasteiger partial charge in [0.05, 0.1) is 5.56 Å². The molecule has 0 aliphatic rings. The van der Waals surface area contributed by atoms with Crippen molar-refractivity contribution >= 4 is 47.8 Å². The molecule has 0 N–H and O–H groups in total. The second kappa shape index (κ2) is 4.40. The highest BCUT2D eigenvalue weighted by molar-refractivity contribution is 9.13. The zero-order chi connectivity index (χ0) is 9.14. The van der Waals surface area contributed by atoms with Crippen molar-refractivity contribution in [2.75, 3.05) is 0 Å². The van der Waals surface area contributed by atoms with Crippen molar-refractivity contribution in [3.05, 3.63) is 32.2 Å². The van der Waals surface area contributed by atoms with Crippen LogP contribution < -0.4 is 0 Å². The Morgan fingerprint density at radius 1 is 1.25 bits per heavy atom. The molecule has 0 fully saturated rings. The molecule has 1 rings (SSSR count). The molecular formula is C8H4Br3N. The van der Waals surface area contributed by atoms with Gasteiger partial charge in [-0.25, -0.2) is 0 Å². The van der Waals surface area contributed by atoms with Crippen molar-refractivity contribution < 1.29 is 0 Å². The van der Waals surface area contributed by atoms with Crippen LogP contribution in [0.15, 0.2) is 21.1 Å². The first-order chi connectivity index (χ1) is 5.70. The van der Waals surface area contributed by atoms with E-state index in [4.69, 9.17) is 5.26 Å². The standard InChI is InChI=1S/C8H4Br3N/c9-3-5-1-2-6(4-12)8(11)7(5)10/h1-2H,3H2. The van der Waals surface area contributed by atoms with Gasteiger partial charge >= 0.3 is 0 Å². The predicted octanol–water partition coefficient (Wildman–Crippen LogP) is 3.98. The minimum Gasteiger partial charge on any atom is -0.192 e. The lowest BCUT2D eigenvalue weighted by Crippen LogP contribution is -1.85. The maximum Gasteiger partial charge on any atom is 0.100 e. The molecule has 1 nitrogen and oxygen atoms in total. The van der Waals surface area contributed by atoms with E-state index >= 15 is 0 Å². The summed E-state index contributed by atoms with van der Waals surface area (Å²) in [5, 5.41) is 9.47. The molecule has 0 radical (unpaired) electrons. The van der Waals surface area contributed by atoms with Gasteiger partial charge in [0, 0.05) is 14.3 Å². The Labute approximate surface area is 96.2 Å². The fourth-order valence-electron chi connectivity index (χ4n) is 0.779. The quantitative estimate of drug-likeness (QED) is 0.701. The molecule has 0 bridgehead atoms. The molecule has 4 heteroatoms. The molecule has 0 saturated carbocycles. The summed E-state index contributed by atoms with van der Waals surface area (Å²) in [7, 11) is 0. The predicted molar refractivity (Wildman–Crippen MR) is 59.2 cm³/mol. The number of hydrogen-bond acceptors (Lipinski definition) is 1. The van der Waals surface area contributed by atoms with Crippen LogP contribution in [0, 0.1) is 11.3 Å². The molecule has 1 aromatic carbocycles. The van der Waals surface area contributed by atoms with E-state index in [1.807, 2.05) is 6.07 Å². The number of benzene rings is 1. The molecule has 12 heavy (non-hydrogen) atoms. The number of hydrogen-bond donors (Lipinski definition) is 0. The monoisotopic (exact) mass is 351 g/mol. The summed E-state index contributed by atoms with van der Waals surface area (Å²) < 4.78 is 1.76. The first-order valence-electron chi connectivity index (χ1n) is 3.13. The molecule has 0 aromatic heterocycles. The third kappa shape index (κ3) is 1.90. The fraction of sp³-hybridized carbons (Fsp3) is 0.125. The highest BCUT2D eigenvalue weighted by Gasteiger charge is 2.06. The second-order valence-corrected chi connectivity index (χ2v) is 4.29. The van der Waals surface area contributed by atoms with E-state index in [0.717, 1.165) is 19.8 Å². The van der Waals surface area contributed by atoms with E-state index in [9.17, 15) is 0 Å². The summed E-state index contributed by atoms with van der Waals surface area (Å²) >= 11 is 10.1. The molecule has 0 aliphatic heterocycles. The summed E-state index contributed by atoms with van der Waals surface area (Å²) in [5.41, 5.74) is 1.77.